The zero-order chi connectivity index (χ0) is 20.4. The van der Waals surface area contributed by atoms with Crippen molar-refractivity contribution >= 4 is 23.0 Å². The van der Waals surface area contributed by atoms with E-state index < -0.39 is 5.82 Å². The quantitative estimate of drug-likeness (QED) is 0.691. The second kappa shape index (κ2) is 6.56. The van der Waals surface area contributed by atoms with Gasteiger partial charge in [0.05, 0.1) is 10.6 Å². The van der Waals surface area contributed by atoms with E-state index in [2.05, 4.69) is 4.98 Å². The number of pyridine rings is 1. The van der Waals surface area contributed by atoms with Gasteiger partial charge in [-0.1, -0.05) is 11.6 Å². The summed E-state index contributed by atoms with van der Waals surface area (Å²) in [5.74, 6) is 0.695. The van der Waals surface area contributed by atoms with E-state index in [0.29, 0.717) is 23.2 Å². The number of halogens is 2. The van der Waals surface area contributed by atoms with Gasteiger partial charge in [0.25, 0.3) is 5.88 Å². The number of aryl methyl sites for hydroxylation is 2. The number of fused-ring (bicyclic) bond motifs is 5. The lowest BCUT2D eigenvalue weighted by Crippen LogP contribution is -2.24. The SMILES string of the molecule is Cc1cc(Oc2ncc(Cl)cc2F)cc(C)c1C1=C(O)C2[C@H]3CC[C@H](C3)[C@H]2C1=O. The van der Waals surface area contributed by atoms with Crippen molar-refractivity contribution < 1.29 is 19.0 Å². The van der Waals surface area contributed by atoms with Crippen molar-refractivity contribution in [2.24, 2.45) is 23.7 Å². The van der Waals surface area contributed by atoms with Crippen molar-refractivity contribution in [2.45, 2.75) is 33.1 Å². The minimum atomic E-state index is -0.647. The van der Waals surface area contributed by atoms with Gasteiger partial charge in [-0.3, -0.25) is 4.79 Å². The van der Waals surface area contributed by atoms with Crippen molar-refractivity contribution in [2.75, 3.05) is 0 Å². The van der Waals surface area contributed by atoms with Gasteiger partial charge in [-0.2, -0.15) is 0 Å². The molecule has 6 heteroatoms. The number of ether oxygens (including phenoxy) is 1. The third kappa shape index (κ3) is 2.78. The zero-order valence-electron chi connectivity index (χ0n) is 16.2. The van der Waals surface area contributed by atoms with E-state index in [4.69, 9.17) is 16.3 Å². The molecule has 1 N–H and O–H groups in total. The largest absolute Gasteiger partial charge is 0.511 e. The first-order chi connectivity index (χ1) is 13.8. The average Bonchev–Trinajstić information content (AvgIpc) is 3.33. The summed E-state index contributed by atoms with van der Waals surface area (Å²) < 4.78 is 19.6. The Morgan fingerprint density at radius 2 is 1.79 bits per heavy atom. The number of aromatic nitrogens is 1. The number of rotatable bonds is 3. The maximum atomic E-state index is 14.0. The Balaban J connectivity index is 1.51. The third-order valence-electron chi connectivity index (χ3n) is 6.78. The van der Waals surface area contributed by atoms with E-state index in [1.165, 1.54) is 6.20 Å². The fraction of sp³-hybridized carbons (Fsp3) is 0.391. The van der Waals surface area contributed by atoms with Crippen LogP contribution in [0.25, 0.3) is 5.57 Å². The van der Waals surface area contributed by atoms with Gasteiger partial charge >= 0.3 is 0 Å². The summed E-state index contributed by atoms with van der Waals surface area (Å²) >= 11 is 5.74. The number of hydrogen-bond acceptors (Lipinski definition) is 4. The molecule has 150 valence electrons. The fourth-order valence-electron chi connectivity index (χ4n) is 5.74. The van der Waals surface area contributed by atoms with E-state index in [1.807, 2.05) is 13.8 Å². The fourth-order valence-corrected chi connectivity index (χ4v) is 5.88. The second-order valence-electron chi connectivity index (χ2n) is 8.48. The van der Waals surface area contributed by atoms with E-state index in [0.717, 1.165) is 42.0 Å². The Kier molecular flexibility index (Phi) is 4.21. The molecule has 0 aliphatic heterocycles. The predicted octanol–water partition coefficient (Wildman–Crippen LogP) is 5.80. The standard InChI is InChI=1S/C23H21ClFNO3/c1-10-5-15(29-23-16(25)8-14(24)9-26-23)6-11(2)17(10)20-21(27)18-12-3-4-13(7-12)19(18)22(20)28/h5-6,8-9,12-13,18-19,27H,3-4,7H2,1-2H3/t12-,13+,18?,19+/m0/s1. The first-order valence-corrected chi connectivity index (χ1v) is 10.3. The highest BCUT2D eigenvalue weighted by atomic mass is 35.5. The van der Waals surface area contributed by atoms with Crippen molar-refractivity contribution in [3.8, 4) is 11.6 Å². The van der Waals surface area contributed by atoms with Crippen molar-refractivity contribution in [1.29, 1.82) is 0 Å². The number of aliphatic hydroxyl groups is 1. The molecule has 3 aliphatic carbocycles. The van der Waals surface area contributed by atoms with Crippen LogP contribution in [-0.4, -0.2) is 15.9 Å². The molecule has 1 heterocycles. The first-order valence-electron chi connectivity index (χ1n) is 9.93. The Hall–Kier alpha value is -2.40. The molecule has 2 saturated carbocycles. The smallest absolute Gasteiger partial charge is 0.255 e. The lowest BCUT2D eigenvalue weighted by atomic mass is 9.80. The summed E-state index contributed by atoms with van der Waals surface area (Å²) in [4.78, 5) is 17.1. The maximum absolute atomic E-state index is 14.0. The second-order valence-corrected chi connectivity index (χ2v) is 8.92. The van der Waals surface area contributed by atoms with Gasteiger partial charge in [-0.05, 0) is 79.8 Å². The molecule has 0 saturated heterocycles. The molecule has 2 bridgehead atoms. The number of ketones is 1. The zero-order valence-corrected chi connectivity index (χ0v) is 17.0. The van der Waals surface area contributed by atoms with Gasteiger partial charge in [0.15, 0.2) is 11.6 Å². The highest BCUT2D eigenvalue weighted by Gasteiger charge is 2.57. The summed E-state index contributed by atoms with van der Waals surface area (Å²) in [6, 6.07) is 4.63. The van der Waals surface area contributed by atoms with Crippen LogP contribution < -0.4 is 4.74 Å². The van der Waals surface area contributed by atoms with Crippen molar-refractivity contribution in [3.05, 3.63) is 57.7 Å². The molecule has 1 aromatic carbocycles. The van der Waals surface area contributed by atoms with Gasteiger partial charge in [0.1, 0.15) is 11.5 Å². The summed E-state index contributed by atoms with van der Waals surface area (Å²) in [6.07, 6.45) is 4.56. The predicted molar refractivity (Wildman–Crippen MR) is 108 cm³/mol. The molecule has 0 radical (unpaired) electrons. The van der Waals surface area contributed by atoms with Gasteiger partial charge < -0.3 is 9.84 Å². The molecular formula is C23H21ClFNO3. The van der Waals surface area contributed by atoms with Crippen LogP contribution in [0.4, 0.5) is 4.39 Å². The van der Waals surface area contributed by atoms with Crippen LogP contribution in [0.5, 0.6) is 11.6 Å². The van der Waals surface area contributed by atoms with Gasteiger partial charge in [-0.25, -0.2) is 9.37 Å². The minimum absolute atomic E-state index is 0.0154. The number of carbonyl (C=O) groups is 1. The Morgan fingerprint density at radius 3 is 2.41 bits per heavy atom. The normalized spacial score (nSPS) is 27.7. The minimum Gasteiger partial charge on any atom is -0.511 e. The lowest BCUT2D eigenvalue weighted by molar-refractivity contribution is -0.118. The Morgan fingerprint density at radius 1 is 1.14 bits per heavy atom. The topological polar surface area (TPSA) is 59.4 Å². The van der Waals surface area contributed by atoms with Crippen molar-refractivity contribution in [3.63, 3.8) is 0 Å². The Labute approximate surface area is 173 Å². The summed E-state index contributed by atoms with van der Waals surface area (Å²) in [6.45, 7) is 3.74. The van der Waals surface area contributed by atoms with E-state index in [-0.39, 0.29) is 34.3 Å². The highest BCUT2D eigenvalue weighted by molar-refractivity contribution is 6.30. The number of benzene rings is 1. The Bertz CT molecular complexity index is 1060. The van der Waals surface area contributed by atoms with Crippen LogP contribution in [0.15, 0.2) is 30.2 Å². The van der Waals surface area contributed by atoms with Crippen LogP contribution in [-0.2, 0) is 4.79 Å². The molecule has 2 fully saturated rings. The number of Topliss-reactive ketones (excluding diaryl/α,β-unsaturated/α-hetero) is 1. The molecule has 2 aromatic rings. The molecule has 29 heavy (non-hydrogen) atoms. The van der Waals surface area contributed by atoms with Crippen LogP contribution in [0.1, 0.15) is 36.0 Å². The van der Waals surface area contributed by atoms with Crippen LogP contribution in [0, 0.1) is 43.3 Å². The number of hydrogen-bond donors (Lipinski definition) is 1. The summed E-state index contributed by atoms with van der Waals surface area (Å²) in [5, 5.41) is 11.2. The van der Waals surface area contributed by atoms with E-state index in [1.54, 1.807) is 12.1 Å². The van der Waals surface area contributed by atoms with Crippen LogP contribution in [0.3, 0.4) is 0 Å². The van der Waals surface area contributed by atoms with Gasteiger partial charge in [-0.15, -0.1) is 0 Å². The number of carbonyl (C=O) groups excluding carboxylic acids is 1. The van der Waals surface area contributed by atoms with E-state index in [9.17, 15) is 14.3 Å². The molecule has 5 rings (SSSR count). The average molecular weight is 414 g/mol. The monoisotopic (exact) mass is 413 g/mol. The lowest BCUT2D eigenvalue weighted by Gasteiger charge is -2.23. The number of nitrogens with zero attached hydrogens (tertiary/aromatic N) is 1. The molecule has 1 unspecified atom stereocenters. The third-order valence-corrected chi connectivity index (χ3v) is 6.99. The van der Waals surface area contributed by atoms with Gasteiger partial charge in [0, 0.05) is 18.0 Å². The molecule has 0 spiro atoms. The van der Waals surface area contributed by atoms with E-state index >= 15 is 0 Å². The molecule has 4 nitrogen and oxygen atoms in total. The van der Waals surface area contributed by atoms with Gasteiger partial charge in [0.2, 0.25) is 0 Å². The summed E-state index contributed by atoms with van der Waals surface area (Å²) in [5.41, 5.74) is 2.83. The maximum Gasteiger partial charge on any atom is 0.255 e. The first kappa shape index (κ1) is 18.6. The summed E-state index contributed by atoms with van der Waals surface area (Å²) in [7, 11) is 0. The molecule has 3 aliphatic rings. The van der Waals surface area contributed by atoms with Crippen molar-refractivity contribution in [1.82, 2.24) is 4.98 Å². The molecule has 4 atom stereocenters. The number of allylic oxidation sites excluding steroid dienone is 2. The molecular weight excluding hydrogens is 393 g/mol. The van der Waals surface area contributed by atoms with Crippen LogP contribution >= 0.6 is 11.6 Å². The highest BCUT2D eigenvalue weighted by Crippen LogP contribution is 2.60. The number of aliphatic hydroxyl groups excluding tert-OH is 1. The molecule has 0 amide bonds. The van der Waals surface area contributed by atoms with Crippen LogP contribution in [0.2, 0.25) is 5.02 Å². The molecule has 1 aromatic heterocycles.